The number of hydrogen-bond donors (Lipinski definition) is 1. The van der Waals surface area contributed by atoms with Gasteiger partial charge in [-0.25, -0.2) is 8.42 Å². The van der Waals surface area contributed by atoms with E-state index < -0.39 is 33.7 Å². The van der Waals surface area contributed by atoms with E-state index in [-0.39, 0.29) is 37.5 Å². The number of sulfonamides is 1. The van der Waals surface area contributed by atoms with Crippen molar-refractivity contribution in [3.63, 3.8) is 0 Å². The van der Waals surface area contributed by atoms with E-state index in [0.29, 0.717) is 17.1 Å². The fourth-order valence-corrected chi connectivity index (χ4v) is 4.82. The van der Waals surface area contributed by atoms with Gasteiger partial charge >= 0.3 is 6.18 Å². The van der Waals surface area contributed by atoms with E-state index in [2.05, 4.69) is 5.32 Å². The van der Waals surface area contributed by atoms with Crippen molar-refractivity contribution in [1.29, 1.82) is 0 Å². The van der Waals surface area contributed by atoms with E-state index in [0.717, 1.165) is 35.2 Å². The van der Waals surface area contributed by atoms with Gasteiger partial charge in [0, 0.05) is 31.1 Å². The molecule has 2 rings (SSSR count). The molecule has 1 atom stereocenters. The fourth-order valence-electron chi connectivity index (χ4n) is 3.65. The zero-order valence-electron chi connectivity index (χ0n) is 20.9. The lowest BCUT2D eigenvalue weighted by atomic mass is 10.1. The van der Waals surface area contributed by atoms with Crippen LogP contribution in [0.3, 0.4) is 0 Å². The van der Waals surface area contributed by atoms with Crippen LogP contribution in [0, 0.1) is 0 Å². The standard InChI is InChI=1S/C25H31ClF3N3O4S/c1-4-13-30-24(34)18(2)31(17-19-8-5-10-21(26)15-19)23(33)12-7-14-32(37(3,35)36)22-11-6-9-20(16-22)25(27,28)29/h5-6,8-11,15-16,18H,4,7,12-14,17H2,1-3H3,(H,30,34). The summed E-state index contributed by atoms with van der Waals surface area (Å²) in [6.07, 6.45) is -3.13. The van der Waals surface area contributed by atoms with Crippen LogP contribution in [0.1, 0.15) is 44.2 Å². The molecular weight excluding hydrogens is 531 g/mol. The molecule has 2 amide bonds. The number of rotatable bonds is 12. The number of halogens is 4. The van der Waals surface area contributed by atoms with Crippen molar-refractivity contribution < 1.29 is 31.2 Å². The predicted molar refractivity (Wildman–Crippen MR) is 138 cm³/mol. The van der Waals surface area contributed by atoms with Crippen LogP contribution in [0.5, 0.6) is 0 Å². The van der Waals surface area contributed by atoms with Crippen molar-refractivity contribution in [2.24, 2.45) is 0 Å². The number of alkyl halides is 3. The Morgan fingerprint density at radius 3 is 2.38 bits per heavy atom. The topological polar surface area (TPSA) is 86.8 Å². The van der Waals surface area contributed by atoms with Gasteiger partial charge in [-0.15, -0.1) is 0 Å². The highest BCUT2D eigenvalue weighted by molar-refractivity contribution is 7.92. The summed E-state index contributed by atoms with van der Waals surface area (Å²) in [6, 6.07) is 10.0. The number of anilines is 1. The molecule has 12 heteroatoms. The molecule has 7 nitrogen and oxygen atoms in total. The summed E-state index contributed by atoms with van der Waals surface area (Å²) < 4.78 is 65.0. The lowest BCUT2D eigenvalue weighted by Gasteiger charge is -2.29. The second-order valence-electron chi connectivity index (χ2n) is 8.61. The average Bonchev–Trinajstić information content (AvgIpc) is 2.82. The summed E-state index contributed by atoms with van der Waals surface area (Å²) >= 11 is 6.06. The van der Waals surface area contributed by atoms with Crippen LogP contribution >= 0.6 is 11.6 Å². The summed E-state index contributed by atoms with van der Waals surface area (Å²) in [5, 5.41) is 3.23. The van der Waals surface area contributed by atoms with Gasteiger partial charge < -0.3 is 10.2 Å². The van der Waals surface area contributed by atoms with E-state index in [1.54, 1.807) is 31.2 Å². The zero-order valence-corrected chi connectivity index (χ0v) is 22.5. The molecule has 0 fully saturated rings. The molecule has 0 aromatic heterocycles. The Bertz CT molecular complexity index is 1190. The minimum absolute atomic E-state index is 0.0253. The van der Waals surface area contributed by atoms with Gasteiger partial charge in [-0.1, -0.05) is 36.7 Å². The summed E-state index contributed by atoms with van der Waals surface area (Å²) in [4.78, 5) is 27.2. The highest BCUT2D eigenvalue weighted by atomic mass is 35.5. The van der Waals surface area contributed by atoms with Crippen LogP contribution in [-0.2, 0) is 32.3 Å². The van der Waals surface area contributed by atoms with E-state index >= 15 is 0 Å². The third kappa shape index (κ3) is 9.23. The van der Waals surface area contributed by atoms with Gasteiger partial charge in [0.1, 0.15) is 6.04 Å². The van der Waals surface area contributed by atoms with Crippen molar-refractivity contribution in [1.82, 2.24) is 10.2 Å². The molecular formula is C25H31ClF3N3O4S. The molecule has 0 saturated heterocycles. The predicted octanol–water partition coefficient (Wildman–Crippen LogP) is 4.85. The van der Waals surface area contributed by atoms with Gasteiger partial charge in [-0.2, -0.15) is 13.2 Å². The largest absolute Gasteiger partial charge is 0.416 e. The van der Waals surface area contributed by atoms with Gasteiger partial charge in [0.15, 0.2) is 0 Å². The maximum Gasteiger partial charge on any atom is 0.416 e. The monoisotopic (exact) mass is 561 g/mol. The third-order valence-corrected chi connectivity index (χ3v) is 7.00. The van der Waals surface area contributed by atoms with Gasteiger partial charge in [-0.05, 0) is 55.7 Å². The number of amides is 2. The number of nitrogens with one attached hydrogen (secondary N) is 1. The summed E-state index contributed by atoms with van der Waals surface area (Å²) in [6.45, 7) is 3.83. The Labute approximate surface area is 220 Å². The van der Waals surface area contributed by atoms with Crippen molar-refractivity contribution in [3.8, 4) is 0 Å². The van der Waals surface area contributed by atoms with Gasteiger partial charge in [0.25, 0.3) is 0 Å². The first kappa shape index (κ1) is 30.4. The van der Waals surface area contributed by atoms with E-state index in [9.17, 15) is 31.2 Å². The van der Waals surface area contributed by atoms with Crippen LogP contribution in [-0.4, -0.2) is 50.5 Å². The molecule has 0 spiro atoms. The lowest BCUT2D eigenvalue weighted by molar-refractivity contribution is -0.140. The number of carbonyl (C=O) groups excluding carboxylic acids is 2. The zero-order chi connectivity index (χ0) is 27.8. The van der Waals surface area contributed by atoms with Gasteiger partial charge in [0.05, 0.1) is 17.5 Å². The molecule has 2 aromatic carbocycles. The molecule has 0 bridgehead atoms. The first-order valence-electron chi connectivity index (χ1n) is 11.7. The Hall–Kier alpha value is -2.79. The third-order valence-electron chi connectivity index (χ3n) is 5.57. The minimum atomic E-state index is -4.63. The van der Waals surface area contributed by atoms with Crippen molar-refractivity contribution >= 4 is 39.1 Å². The molecule has 204 valence electrons. The van der Waals surface area contributed by atoms with E-state index in [1.165, 1.54) is 11.0 Å². The number of nitrogens with zero attached hydrogens (tertiary/aromatic N) is 2. The fraction of sp³-hybridized carbons (Fsp3) is 0.440. The Balaban J connectivity index is 2.20. The van der Waals surface area contributed by atoms with E-state index in [1.807, 2.05) is 6.92 Å². The Kier molecular flexibility index (Phi) is 10.8. The van der Waals surface area contributed by atoms with Crippen molar-refractivity contribution in [3.05, 3.63) is 64.7 Å². The molecule has 37 heavy (non-hydrogen) atoms. The Morgan fingerprint density at radius 2 is 1.78 bits per heavy atom. The second kappa shape index (κ2) is 13.1. The molecule has 0 radical (unpaired) electrons. The minimum Gasteiger partial charge on any atom is -0.354 e. The van der Waals surface area contributed by atoms with E-state index in [4.69, 9.17) is 11.6 Å². The summed E-state index contributed by atoms with van der Waals surface area (Å²) in [7, 11) is -3.93. The highest BCUT2D eigenvalue weighted by Crippen LogP contribution is 2.32. The Morgan fingerprint density at radius 1 is 1.11 bits per heavy atom. The van der Waals surface area contributed by atoms with Gasteiger partial charge in [0.2, 0.25) is 21.8 Å². The first-order valence-corrected chi connectivity index (χ1v) is 13.9. The lowest BCUT2D eigenvalue weighted by Crippen LogP contribution is -2.47. The maximum absolute atomic E-state index is 13.2. The molecule has 0 aliphatic rings. The normalized spacial score (nSPS) is 12.6. The SMILES string of the molecule is CCCNC(=O)C(C)N(Cc1cccc(Cl)c1)C(=O)CCCN(c1cccc(C(F)(F)F)c1)S(C)(=O)=O. The van der Waals surface area contributed by atoms with Crippen LogP contribution in [0.4, 0.5) is 18.9 Å². The smallest absolute Gasteiger partial charge is 0.354 e. The summed E-state index contributed by atoms with van der Waals surface area (Å²) in [5.41, 5.74) is -0.417. The molecule has 0 heterocycles. The highest BCUT2D eigenvalue weighted by Gasteiger charge is 2.32. The van der Waals surface area contributed by atoms with Crippen LogP contribution in [0.15, 0.2) is 48.5 Å². The average molecular weight is 562 g/mol. The number of benzene rings is 2. The second-order valence-corrected chi connectivity index (χ2v) is 10.9. The molecule has 0 aliphatic carbocycles. The van der Waals surface area contributed by atoms with Crippen molar-refractivity contribution in [2.75, 3.05) is 23.7 Å². The van der Waals surface area contributed by atoms with Crippen molar-refractivity contribution in [2.45, 2.75) is 51.9 Å². The quantitative estimate of drug-likeness (QED) is 0.401. The molecule has 2 aromatic rings. The van der Waals surface area contributed by atoms with Crippen LogP contribution in [0.2, 0.25) is 5.02 Å². The van der Waals surface area contributed by atoms with Crippen LogP contribution < -0.4 is 9.62 Å². The number of carbonyl (C=O) groups is 2. The first-order chi connectivity index (χ1) is 17.2. The molecule has 0 saturated carbocycles. The molecule has 1 unspecified atom stereocenters. The van der Waals surface area contributed by atoms with Gasteiger partial charge in [-0.3, -0.25) is 13.9 Å². The summed E-state index contributed by atoms with van der Waals surface area (Å²) in [5.74, 6) is -0.740. The molecule has 0 aliphatic heterocycles. The molecule has 1 N–H and O–H groups in total. The van der Waals surface area contributed by atoms with Crippen LogP contribution in [0.25, 0.3) is 0 Å². The maximum atomic E-state index is 13.2. The number of hydrogen-bond acceptors (Lipinski definition) is 4.